The maximum atomic E-state index is 6.45. The zero-order chi connectivity index (χ0) is 14.9. The van der Waals surface area contributed by atoms with Crippen LogP contribution in [0.25, 0.3) is 0 Å². The molecule has 0 N–H and O–H groups in total. The number of rotatable bonds is 3. The second kappa shape index (κ2) is 5.32. The first-order valence-electron chi connectivity index (χ1n) is 5.37. The van der Waals surface area contributed by atoms with E-state index in [0.717, 1.165) is 0 Å². The van der Waals surface area contributed by atoms with Gasteiger partial charge in [0, 0.05) is 22.6 Å². The lowest BCUT2D eigenvalue weighted by molar-refractivity contribution is 0.134. The van der Waals surface area contributed by atoms with Crippen molar-refractivity contribution in [1.82, 2.24) is 0 Å². The third kappa shape index (κ3) is 2.08. The maximum absolute atomic E-state index is 6.45. The van der Waals surface area contributed by atoms with Gasteiger partial charge in [-0.25, -0.2) is 0 Å². The molecule has 1 unspecified atom stereocenters. The Balaban J connectivity index is 2.72. The van der Waals surface area contributed by atoms with Crippen molar-refractivity contribution in [1.29, 1.82) is 0 Å². The van der Waals surface area contributed by atoms with Crippen LogP contribution in [0.2, 0.25) is 0 Å². The van der Waals surface area contributed by atoms with E-state index in [4.69, 9.17) is 104 Å². The molecule has 0 nitrogen and oxygen atoms in total. The van der Waals surface area contributed by atoms with Crippen LogP contribution in [0, 0.1) is 16.7 Å². The first-order valence-corrected chi connectivity index (χ1v) is 9.17. The number of hydrogen-bond acceptors (Lipinski definition) is 0. The van der Waals surface area contributed by atoms with E-state index >= 15 is 0 Å². The molecule has 2 saturated carbocycles. The van der Waals surface area contributed by atoms with Gasteiger partial charge in [0.2, 0.25) is 0 Å². The summed E-state index contributed by atoms with van der Waals surface area (Å²) in [7, 11) is 0. The zero-order valence-electron chi connectivity index (χ0n) is 9.26. The minimum atomic E-state index is -1.24. The Bertz CT molecular complexity index is 379. The van der Waals surface area contributed by atoms with Crippen LogP contribution < -0.4 is 0 Å². The molecule has 0 amide bonds. The molecule has 2 aliphatic rings. The topological polar surface area (TPSA) is 0 Å². The Morgan fingerprint density at radius 1 is 0.947 bits per heavy atom. The van der Waals surface area contributed by atoms with Crippen LogP contribution in [0.3, 0.4) is 0 Å². The van der Waals surface area contributed by atoms with Gasteiger partial charge in [0.15, 0.2) is 0 Å². The van der Waals surface area contributed by atoms with E-state index in [1.54, 1.807) is 0 Å². The monoisotopic (exact) mass is 444 g/mol. The third-order valence-corrected chi connectivity index (χ3v) is 8.32. The summed E-state index contributed by atoms with van der Waals surface area (Å²) in [4.78, 5) is -1.85. The van der Waals surface area contributed by atoms with Gasteiger partial charge < -0.3 is 0 Å². The van der Waals surface area contributed by atoms with Crippen molar-refractivity contribution in [3.63, 3.8) is 0 Å². The molecule has 0 spiro atoms. The molecule has 2 aliphatic carbocycles. The lowest BCUT2D eigenvalue weighted by Gasteiger charge is -2.48. The Hall–Kier alpha value is 2.61. The van der Waals surface area contributed by atoms with Gasteiger partial charge in [0.1, 0.15) is 18.3 Å². The van der Waals surface area contributed by atoms with Crippen molar-refractivity contribution in [3.8, 4) is 0 Å². The van der Waals surface area contributed by atoms with E-state index in [2.05, 4.69) is 0 Å². The van der Waals surface area contributed by atoms with E-state index in [0.29, 0.717) is 0 Å². The SMILES string of the molecule is ClCC1(C(Cl)Cl)[C@H]2CC(Cl)(Cl)[C@]1(C(Cl)Cl)CC2(Cl)Cl. The summed E-state index contributed by atoms with van der Waals surface area (Å²) in [5, 5.41) is 0. The molecule has 0 radical (unpaired) electrons. The average molecular weight is 448 g/mol. The fourth-order valence-corrected chi connectivity index (χ4v) is 8.36. The molecular formula is C10H9Cl9. The number of alkyl halides is 9. The smallest absolute Gasteiger partial charge is 0.126 e. The molecule has 0 aliphatic heterocycles. The summed E-state index contributed by atoms with van der Waals surface area (Å²) in [5.74, 6) is -0.330. The molecule has 0 aromatic carbocycles. The number of halogens is 9. The van der Waals surface area contributed by atoms with Crippen molar-refractivity contribution in [2.45, 2.75) is 31.2 Å². The van der Waals surface area contributed by atoms with E-state index in [9.17, 15) is 0 Å². The van der Waals surface area contributed by atoms with E-state index in [-0.39, 0.29) is 18.7 Å². The predicted molar refractivity (Wildman–Crippen MR) is 88.2 cm³/mol. The highest BCUT2D eigenvalue weighted by molar-refractivity contribution is 6.55. The molecule has 112 valence electrons. The Morgan fingerprint density at radius 3 is 1.79 bits per heavy atom. The Morgan fingerprint density at radius 2 is 1.47 bits per heavy atom. The summed E-state index contributed by atoms with van der Waals surface area (Å²) in [5.41, 5.74) is -2.02. The van der Waals surface area contributed by atoms with Gasteiger partial charge in [0.05, 0.1) is 0 Å². The van der Waals surface area contributed by atoms with E-state index in [1.165, 1.54) is 0 Å². The van der Waals surface area contributed by atoms with Gasteiger partial charge in [-0.2, -0.15) is 0 Å². The van der Waals surface area contributed by atoms with Crippen LogP contribution in [-0.2, 0) is 0 Å². The van der Waals surface area contributed by atoms with Crippen molar-refractivity contribution in [2.75, 3.05) is 5.88 Å². The van der Waals surface area contributed by atoms with Crippen LogP contribution in [0.15, 0.2) is 0 Å². The van der Waals surface area contributed by atoms with Gasteiger partial charge in [-0.1, -0.05) is 0 Å². The third-order valence-electron chi connectivity index (χ3n) is 4.57. The van der Waals surface area contributed by atoms with E-state index < -0.39 is 35.1 Å². The van der Waals surface area contributed by atoms with Crippen molar-refractivity contribution >= 4 is 104 Å². The highest BCUT2D eigenvalue weighted by Crippen LogP contribution is 2.82. The second-order valence-electron chi connectivity index (χ2n) is 5.15. The first kappa shape index (κ1) is 18.0. The number of hydrogen-bond donors (Lipinski definition) is 0. The molecule has 3 atom stereocenters. The van der Waals surface area contributed by atoms with Gasteiger partial charge in [0.25, 0.3) is 0 Å². The van der Waals surface area contributed by atoms with Crippen molar-refractivity contribution in [2.24, 2.45) is 16.7 Å². The quantitative estimate of drug-likeness (QED) is 0.428. The van der Waals surface area contributed by atoms with Crippen LogP contribution in [0.1, 0.15) is 12.8 Å². The molecule has 2 fully saturated rings. The Labute approximate surface area is 157 Å². The summed E-state index contributed by atoms with van der Waals surface area (Å²) >= 11 is 56.6. The fourth-order valence-electron chi connectivity index (χ4n) is 3.64. The van der Waals surface area contributed by atoms with Crippen LogP contribution >= 0.6 is 104 Å². The lowest BCUT2D eigenvalue weighted by Crippen LogP contribution is -2.53. The van der Waals surface area contributed by atoms with Crippen molar-refractivity contribution < 1.29 is 0 Å². The summed E-state index contributed by atoms with van der Waals surface area (Å²) in [6, 6.07) is 0. The summed E-state index contributed by atoms with van der Waals surface area (Å²) in [6.45, 7) is 0. The van der Waals surface area contributed by atoms with Crippen LogP contribution in [-0.4, -0.2) is 24.2 Å². The Kier molecular flexibility index (Phi) is 5.02. The largest absolute Gasteiger partial charge is 0.127 e. The van der Waals surface area contributed by atoms with Gasteiger partial charge in [-0.15, -0.1) is 104 Å². The normalized spacial score (nSPS) is 43.4. The average Bonchev–Trinajstić information content (AvgIpc) is 2.57. The molecule has 0 heterocycles. The van der Waals surface area contributed by atoms with Crippen LogP contribution in [0.5, 0.6) is 0 Å². The molecule has 2 rings (SSSR count). The zero-order valence-corrected chi connectivity index (χ0v) is 16.1. The second-order valence-corrected chi connectivity index (χ2v) is 10.6. The minimum Gasteiger partial charge on any atom is -0.126 e. The highest BCUT2D eigenvalue weighted by Gasteiger charge is 2.83. The highest BCUT2D eigenvalue weighted by atomic mass is 35.5. The predicted octanol–water partition coefficient (Wildman–Crippen LogP) is 6.58. The lowest BCUT2D eigenvalue weighted by atomic mass is 9.69. The van der Waals surface area contributed by atoms with Crippen LogP contribution in [0.4, 0.5) is 0 Å². The fraction of sp³-hybridized carbons (Fsp3) is 1.00. The van der Waals surface area contributed by atoms with Gasteiger partial charge in [-0.05, 0) is 12.8 Å². The van der Waals surface area contributed by atoms with Gasteiger partial charge in [-0.3, -0.25) is 0 Å². The molecular weight excluding hydrogens is 439 g/mol. The first-order chi connectivity index (χ1) is 8.49. The van der Waals surface area contributed by atoms with E-state index in [1.807, 2.05) is 0 Å². The molecule has 19 heavy (non-hydrogen) atoms. The standard InChI is InChI=1S/C10H9Cl9/c11-3-7(5(12)13)4-1-10(18,19)8(7,6(14)15)2-9(4,16)17/h4-6H,1-3H2/t4-,7?,8+/m1/s1. The molecule has 9 heteroatoms. The maximum Gasteiger partial charge on any atom is 0.127 e. The summed E-state index contributed by atoms with van der Waals surface area (Å²) in [6.07, 6.45) is 0.461. The molecule has 0 aromatic heterocycles. The van der Waals surface area contributed by atoms with Gasteiger partial charge >= 0.3 is 0 Å². The molecule has 0 saturated heterocycles. The minimum absolute atomic E-state index is 0.0631. The molecule has 2 bridgehead atoms. The van der Waals surface area contributed by atoms with Crippen molar-refractivity contribution in [3.05, 3.63) is 0 Å². The molecule has 0 aromatic rings. The number of fused-ring (bicyclic) bond motifs is 2. The summed E-state index contributed by atoms with van der Waals surface area (Å²) < 4.78 is -2.36.